The fourth-order valence-electron chi connectivity index (χ4n) is 3.47. The van der Waals surface area contributed by atoms with E-state index in [1.54, 1.807) is 0 Å². The topological polar surface area (TPSA) is 52.5 Å². The van der Waals surface area contributed by atoms with Crippen molar-refractivity contribution in [2.75, 3.05) is 6.54 Å². The maximum atomic E-state index is 10.6. The molecular weight excluding hydrogens is 226 g/mol. The zero-order chi connectivity index (χ0) is 13.0. The van der Waals surface area contributed by atoms with Gasteiger partial charge in [0, 0.05) is 12.6 Å². The Balaban J connectivity index is 1.75. The lowest BCUT2D eigenvalue weighted by molar-refractivity contribution is -0.0174. The van der Waals surface area contributed by atoms with Crippen LogP contribution in [0.1, 0.15) is 64.7 Å². The Bertz CT molecular complexity index is 249. The summed E-state index contributed by atoms with van der Waals surface area (Å²) in [6.07, 6.45) is 9.47. The number of hydrogen-bond donors (Lipinski definition) is 3. The average Bonchev–Trinajstić information content (AvgIpc) is 2.39. The lowest BCUT2D eigenvalue weighted by Gasteiger charge is -2.38. The molecule has 2 aliphatic rings. The Morgan fingerprint density at radius 3 is 2.39 bits per heavy atom. The first-order valence-electron chi connectivity index (χ1n) is 7.77. The van der Waals surface area contributed by atoms with Gasteiger partial charge in [0.05, 0.1) is 11.7 Å². The summed E-state index contributed by atoms with van der Waals surface area (Å²) in [5.41, 5.74) is -0.525. The highest BCUT2D eigenvalue weighted by molar-refractivity contribution is 4.90. The van der Waals surface area contributed by atoms with E-state index in [-0.39, 0.29) is 12.1 Å². The van der Waals surface area contributed by atoms with Crippen LogP contribution in [0.3, 0.4) is 0 Å². The van der Waals surface area contributed by atoms with E-state index < -0.39 is 5.60 Å². The first kappa shape index (κ1) is 14.3. The van der Waals surface area contributed by atoms with Crippen LogP contribution in [0.4, 0.5) is 0 Å². The lowest BCUT2D eigenvalue weighted by atomic mass is 9.77. The van der Waals surface area contributed by atoms with Crippen molar-refractivity contribution in [2.24, 2.45) is 5.92 Å². The number of rotatable bonds is 4. The molecule has 0 aliphatic heterocycles. The first-order valence-corrected chi connectivity index (χ1v) is 7.77. The molecule has 2 atom stereocenters. The SMILES string of the molecule is CCC1CCC(O)(CN[C@H]2CCCC[C@@H]2O)CC1. The van der Waals surface area contributed by atoms with Gasteiger partial charge in [0.25, 0.3) is 0 Å². The van der Waals surface area contributed by atoms with Crippen LogP contribution >= 0.6 is 0 Å². The smallest absolute Gasteiger partial charge is 0.0771 e. The minimum atomic E-state index is -0.525. The maximum Gasteiger partial charge on any atom is 0.0771 e. The van der Waals surface area contributed by atoms with E-state index in [4.69, 9.17) is 0 Å². The van der Waals surface area contributed by atoms with E-state index in [2.05, 4.69) is 12.2 Å². The highest BCUT2D eigenvalue weighted by atomic mass is 16.3. The number of hydrogen-bond acceptors (Lipinski definition) is 3. The first-order chi connectivity index (χ1) is 8.63. The van der Waals surface area contributed by atoms with Crippen LogP contribution in [0.5, 0.6) is 0 Å². The second-order valence-corrected chi connectivity index (χ2v) is 6.42. The molecule has 0 aromatic carbocycles. The fourth-order valence-corrected chi connectivity index (χ4v) is 3.47. The van der Waals surface area contributed by atoms with E-state index in [1.165, 1.54) is 12.8 Å². The third kappa shape index (κ3) is 3.69. The average molecular weight is 255 g/mol. The molecule has 3 nitrogen and oxygen atoms in total. The molecular formula is C15H29NO2. The molecule has 0 aromatic rings. The van der Waals surface area contributed by atoms with Crippen molar-refractivity contribution in [3.63, 3.8) is 0 Å². The largest absolute Gasteiger partial charge is 0.392 e. The number of nitrogens with one attached hydrogen (secondary N) is 1. The molecule has 2 rings (SSSR count). The molecule has 0 radical (unpaired) electrons. The maximum absolute atomic E-state index is 10.6. The van der Waals surface area contributed by atoms with Crippen LogP contribution in [0.2, 0.25) is 0 Å². The van der Waals surface area contributed by atoms with Gasteiger partial charge in [-0.3, -0.25) is 0 Å². The summed E-state index contributed by atoms with van der Waals surface area (Å²) < 4.78 is 0. The zero-order valence-corrected chi connectivity index (χ0v) is 11.7. The third-order valence-corrected chi connectivity index (χ3v) is 5.04. The number of aliphatic hydroxyl groups is 2. The molecule has 2 saturated carbocycles. The molecule has 0 aromatic heterocycles. The van der Waals surface area contributed by atoms with E-state index in [0.717, 1.165) is 50.9 Å². The molecule has 106 valence electrons. The molecule has 18 heavy (non-hydrogen) atoms. The predicted octanol–water partition coefficient (Wildman–Crippen LogP) is 2.21. The Kier molecular flexibility index (Phi) is 5.05. The third-order valence-electron chi connectivity index (χ3n) is 5.04. The van der Waals surface area contributed by atoms with Crippen molar-refractivity contribution in [1.82, 2.24) is 5.32 Å². The van der Waals surface area contributed by atoms with Crippen molar-refractivity contribution in [2.45, 2.75) is 82.5 Å². The molecule has 3 N–H and O–H groups in total. The summed E-state index contributed by atoms with van der Waals surface area (Å²) in [5, 5.41) is 23.9. The van der Waals surface area contributed by atoms with E-state index in [9.17, 15) is 10.2 Å². The van der Waals surface area contributed by atoms with Crippen LogP contribution in [-0.2, 0) is 0 Å². The van der Waals surface area contributed by atoms with Gasteiger partial charge in [0.15, 0.2) is 0 Å². The van der Waals surface area contributed by atoms with Gasteiger partial charge >= 0.3 is 0 Å². The molecule has 0 amide bonds. The van der Waals surface area contributed by atoms with Gasteiger partial charge in [-0.1, -0.05) is 26.2 Å². The van der Waals surface area contributed by atoms with Crippen molar-refractivity contribution < 1.29 is 10.2 Å². The summed E-state index contributed by atoms with van der Waals surface area (Å²) in [5.74, 6) is 0.811. The van der Waals surface area contributed by atoms with Gasteiger partial charge in [-0.05, 0) is 44.4 Å². The quantitative estimate of drug-likeness (QED) is 0.722. The van der Waals surface area contributed by atoms with E-state index >= 15 is 0 Å². The van der Waals surface area contributed by atoms with Crippen molar-refractivity contribution in [3.05, 3.63) is 0 Å². The van der Waals surface area contributed by atoms with E-state index in [0.29, 0.717) is 6.54 Å². The standard InChI is InChI=1S/C15H29NO2/c1-2-12-7-9-15(18,10-8-12)11-16-13-5-3-4-6-14(13)17/h12-14,16-18H,2-11H2,1H3/t12?,13-,14-,15?/m0/s1. The highest BCUT2D eigenvalue weighted by Crippen LogP contribution is 2.33. The Morgan fingerprint density at radius 2 is 1.78 bits per heavy atom. The Hall–Kier alpha value is -0.120. The van der Waals surface area contributed by atoms with Gasteiger partial charge < -0.3 is 15.5 Å². The van der Waals surface area contributed by atoms with Crippen LogP contribution < -0.4 is 5.32 Å². The van der Waals surface area contributed by atoms with Gasteiger partial charge in [-0.2, -0.15) is 0 Å². The summed E-state index contributed by atoms with van der Waals surface area (Å²) in [6.45, 7) is 2.90. The minimum absolute atomic E-state index is 0.201. The summed E-state index contributed by atoms with van der Waals surface area (Å²) in [4.78, 5) is 0. The Morgan fingerprint density at radius 1 is 1.11 bits per heavy atom. The molecule has 0 saturated heterocycles. The molecule has 0 bridgehead atoms. The summed E-state index contributed by atoms with van der Waals surface area (Å²) in [7, 11) is 0. The second-order valence-electron chi connectivity index (χ2n) is 6.42. The Labute approximate surface area is 111 Å². The van der Waals surface area contributed by atoms with Crippen LogP contribution in [0.25, 0.3) is 0 Å². The van der Waals surface area contributed by atoms with Crippen LogP contribution in [0, 0.1) is 5.92 Å². The molecule has 2 aliphatic carbocycles. The van der Waals surface area contributed by atoms with Crippen molar-refractivity contribution in [1.29, 1.82) is 0 Å². The number of aliphatic hydroxyl groups excluding tert-OH is 1. The van der Waals surface area contributed by atoms with Gasteiger partial charge in [-0.15, -0.1) is 0 Å². The molecule has 2 fully saturated rings. The van der Waals surface area contributed by atoms with Crippen molar-refractivity contribution in [3.8, 4) is 0 Å². The zero-order valence-electron chi connectivity index (χ0n) is 11.7. The second kappa shape index (κ2) is 6.36. The summed E-state index contributed by atoms with van der Waals surface area (Å²) >= 11 is 0. The lowest BCUT2D eigenvalue weighted by Crippen LogP contribution is -2.50. The predicted molar refractivity (Wildman–Crippen MR) is 73.5 cm³/mol. The minimum Gasteiger partial charge on any atom is -0.392 e. The van der Waals surface area contributed by atoms with Crippen molar-refractivity contribution >= 4 is 0 Å². The van der Waals surface area contributed by atoms with E-state index in [1.807, 2.05) is 0 Å². The van der Waals surface area contributed by atoms with Gasteiger partial charge in [0.2, 0.25) is 0 Å². The van der Waals surface area contributed by atoms with Crippen LogP contribution in [0.15, 0.2) is 0 Å². The highest BCUT2D eigenvalue weighted by Gasteiger charge is 2.34. The molecule has 0 heterocycles. The molecule has 0 spiro atoms. The normalized spacial score (nSPS) is 41.8. The van der Waals surface area contributed by atoms with Gasteiger partial charge in [-0.25, -0.2) is 0 Å². The fraction of sp³-hybridized carbons (Fsp3) is 1.00. The summed E-state index contributed by atoms with van der Waals surface area (Å²) in [6, 6.07) is 0.201. The molecule has 0 unspecified atom stereocenters. The monoisotopic (exact) mass is 255 g/mol. The molecule has 3 heteroatoms. The van der Waals surface area contributed by atoms with Gasteiger partial charge in [0.1, 0.15) is 0 Å². The van der Waals surface area contributed by atoms with Crippen LogP contribution in [-0.4, -0.2) is 34.5 Å².